The van der Waals surface area contributed by atoms with Crippen molar-refractivity contribution in [3.8, 4) is 0 Å². The Morgan fingerprint density at radius 2 is 1.90 bits per heavy atom. The van der Waals surface area contributed by atoms with E-state index in [9.17, 15) is 9.90 Å². The molecule has 1 saturated heterocycles. The molecule has 0 radical (unpaired) electrons. The Balaban J connectivity index is 1.64. The minimum absolute atomic E-state index is 0.0802. The summed E-state index contributed by atoms with van der Waals surface area (Å²) in [6, 6.07) is 8.05. The van der Waals surface area contributed by atoms with Crippen molar-refractivity contribution in [1.29, 1.82) is 0 Å². The van der Waals surface area contributed by atoms with Crippen molar-refractivity contribution in [2.45, 2.75) is 37.5 Å². The van der Waals surface area contributed by atoms with Crippen LogP contribution in [0.25, 0.3) is 0 Å². The fraction of sp³-hybridized carbons (Fsp3) is 0.611. The van der Waals surface area contributed by atoms with Crippen LogP contribution in [0.4, 0.5) is 0 Å². The van der Waals surface area contributed by atoms with Gasteiger partial charge in [-0.3, -0.25) is 4.79 Å². The zero-order chi connectivity index (χ0) is 13.9. The lowest BCUT2D eigenvalue weighted by Crippen LogP contribution is -2.52. The van der Waals surface area contributed by atoms with E-state index in [4.69, 9.17) is 0 Å². The van der Waals surface area contributed by atoms with Crippen molar-refractivity contribution >= 4 is 5.91 Å². The zero-order valence-corrected chi connectivity index (χ0v) is 11.9. The van der Waals surface area contributed by atoms with Crippen molar-refractivity contribution in [3.05, 3.63) is 35.4 Å². The van der Waals surface area contributed by atoms with Crippen molar-refractivity contribution in [1.82, 2.24) is 4.90 Å². The highest BCUT2D eigenvalue weighted by Gasteiger charge is 2.72. The second-order valence-electron chi connectivity index (χ2n) is 7.96. The maximum absolute atomic E-state index is 12.9. The maximum Gasteiger partial charge on any atom is 0.257 e. The molecule has 6 aliphatic rings. The summed E-state index contributed by atoms with van der Waals surface area (Å²) in [7, 11) is 0. The fourth-order valence-corrected chi connectivity index (χ4v) is 7.02. The molecule has 6 bridgehead atoms. The lowest BCUT2D eigenvalue weighted by atomic mass is 9.50. The first-order valence-electron chi connectivity index (χ1n) is 8.35. The van der Waals surface area contributed by atoms with E-state index in [0.29, 0.717) is 23.8 Å². The molecule has 4 aliphatic carbocycles. The monoisotopic (exact) mass is 281 g/mol. The van der Waals surface area contributed by atoms with Crippen LogP contribution in [0.2, 0.25) is 0 Å². The minimum Gasteiger partial charge on any atom is -0.366 e. The maximum atomic E-state index is 12.9. The molecule has 2 heterocycles. The molecule has 1 N–H and O–H groups in total. The first-order valence-corrected chi connectivity index (χ1v) is 8.35. The average molecular weight is 281 g/mol. The van der Waals surface area contributed by atoms with E-state index in [1.165, 1.54) is 25.7 Å². The number of amides is 1. The van der Waals surface area contributed by atoms with Gasteiger partial charge in [0.05, 0.1) is 0 Å². The summed E-state index contributed by atoms with van der Waals surface area (Å²) in [6.07, 6.45) is 5.02. The Bertz CT molecular complexity index is 686. The number of nitrogens with zero attached hydrogens (tertiary/aromatic N) is 1. The van der Waals surface area contributed by atoms with Crippen LogP contribution >= 0.6 is 0 Å². The van der Waals surface area contributed by atoms with Gasteiger partial charge in [0.25, 0.3) is 5.91 Å². The highest BCUT2D eigenvalue weighted by atomic mass is 16.3. The summed E-state index contributed by atoms with van der Waals surface area (Å²) in [5.74, 6) is 3.03. The number of aliphatic hydroxyl groups is 1. The van der Waals surface area contributed by atoms with E-state index in [2.05, 4.69) is 0 Å². The van der Waals surface area contributed by atoms with E-state index >= 15 is 0 Å². The van der Waals surface area contributed by atoms with Crippen molar-refractivity contribution < 1.29 is 9.90 Å². The SMILES string of the molecule is O=C1c2ccccc2[C@@]2(O)C3C4C[C@H]5CC(C[C@H]3C5)C4N12. The Hall–Kier alpha value is -1.35. The van der Waals surface area contributed by atoms with Crippen LogP contribution in [0.15, 0.2) is 24.3 Å². The van der Waals surface area contributed by atoms with Gasteiger partial charge in [-0.2, -0.15) is 0 Å². The molecule has 5 fully saturated rings. The number of rotatable bonds is 0. The van der Waals surface area contributed by atoms with Gasteiger partial charge in [-0.15, -0.1) is 0 Å². The van der Waals surface area contributed by atoms with Gasteiger partial charge in [-0.25, -0.2) is 0 Å². The van der Waals surface area contributed by atoms with Crippen LogP contribution in [-0.4, -0.2) is 22.0 Å². The molecule has 21 heavy (non-hydrogen) atoms. The van der Waals surface area contributed by atoms with Gasteiger partial charge in [0.2, 0.25) is 0 Å². The van der Waals surface area contributed by atoms with Gasteiger partial charge in [0.1, 0.15) is 0 Å². The molecular weight excluding hydrogens is 262 g/mol. The van der Waals surface area contributed by atoms with E-state index in [-0.39, 0.29) is 11.8 Å². The Labute approximate surface area is 123 Å². The van der Waals surface area contributed by atoms with Gasteiger partial charge in [0, 0.05) is 23.1 Å². The number of benzene rings is 1. The third kappa shape index (κ3) is 1.01. The van der Waals surface area contributed by atoms with Crippen LogP contribution in [0, 0.1) is 29.6 Å². The molecule has 2 aliphatic heterocycles. The molecule has 0 spiro atoms. The number of hydrogen-bond acceptors (Lipinski definition) is 2. The van der Waals surface area contributed by atoms with Crippen LogP contribution < -0.4 is 0 Å². The van der Waals surface area contributed by atoms with E-state index in [1.807, 2.05) is 29.2 Å². The number of fused-ring (bicyclic) bond motifs is 3. The molecule has 4 unspecified atom stereocenters. The van der Waals surface area contributed by atoms with E-state index in [0.717, 1.165) is 17.0 Å². The number of hydrogen-bond donors (Lipinski definition) is 1. The third-order valence-electron chi connectivity index (χ3n) is 7.28. The second-order valence-corrected chi connectivity index (χ2v) is 7.96. The van der Waals surface area contributed by atoms with Crippen molar-refractivity contribution in [3.63, 3.8) is 0 Å². The van der Waals surface area contributed by atoms with Gasteiger partial charge in [-0.05, 0) is 55.4 Å². The summed E-state index contributed by atoms with van der Waals surface area (Å²) < 4.78 is 0. The van der Waals surface area contributed by atoms with Crippen LogP contribution in [0.3, 0.4) is 0 Å². The standard InChI is InChI=1S/C18H19NO2/c20-17-12-3-1-2-4-14(12)18(21)15-10-5-9-6-11(8-10)16(19(17)18)13(15)7-9/h1-4,9-11,13,15-16,21H,5-8H2/t9-,10-,11?,13?,15?,16?,18-/m1/s1. The average Bonchev–Trinajstić information content (AvgIpc) is 2.84. The molecule has 7 rings (SSSR count). The summed E-state index contributed by atoms with van der Waals surface area (Å²) in [5.41, 5.74) is 0.627. The fourth-order valence-electron chi connectivity index (χ4n) is 7.02. The van der Waals surface area contributed by atoms with Gasteiger partial charge in [-0.1, -0.05) is 18.2 Å². The third-order valence-corrected chi connectivity index (χ3v) is 7.28. The molecular formula is C18H19NO2. The van der Waals surface area contributed by atoms with E-state index < -0.39 is 5.72 Å². The minimum atomic E-state index is -1.00. The Kier molecular flexibility index (Phi) is 1.71. The van der Waals surface area contributed by atoms with Crippen LogP contribution in [0.1, 0.15) is 41.6 Å². The molecule has 1 aromatic carbocycles. The molecule has 3 nitrogen and oxygen atoms in total. The lowest BCUT2D eigenvalue weighted by Gasteiger charge is -2.54. The van der Waals surface area contributed by atoms with E-state index in [1.54, 1.807) is 0 Å². The second kappa shape index (κ2) is 3.19. The summed E-state index contributed by atoms with van der Waals surface area (Å²) in [6.45, 7) is 0. The normalized spacial score (nSPS) is 51.5. The van der Waals surface area contributed by atoms with Crippen molar-refractivity contribution in [2.75, 3.05) is 0 Å². The summed E-state index contributed by atoms with van der Waals surface area (Å²) >= 11 is 0. The first kappa shape index (κ1) is 11.2. The molecule has 7 atom stereocenters. The molecule has 4 saturated carbocycles. The summed E-state index contributed by atoms with van der Waals surface area (Å²) in [5, 5.41) is 11.7. The predicted molar refractivity (Wildman–Crippen MR) is 76.2 cm³/mol. The van der Waals surface area contributed by atoms with Crippen LogP contribution in [0.5, 0.6) is 0 Å². The molecule has 1 aromatic rings. The molecule has 0 aromatic heterocycles. The Morgan fingerprint density at radius 1 is 1.10 bits per heavy atom. The molecule has 1 amide bonds. The number of carbonyl (C=O) groups excluding carboxylic acids is 1. The van der Waals surface area contributed by atoms with Gasteiger partial charge in [0.15, 0.2) is 5.72 Å². The Morgan fingerprint density at radius 3 is 2.81 bits per heavy atom. The zero-order valence-electron chi connectivity index (χ0n) is 11.9. The first-order chi connectivity index (χ1) is 10.2. The predicted octanol–water partition coefficient (Wildman–Crippen LogP) is 2.35. The molecule has 3 heteroatoms. The topological polar surface area (TPSA) is 40.5 Å². The highest BCUT2D eigenvalue weighted by molar-refractivity contribution is 6.00. The lowest BCUT2D eigenvalue weighted by molar-refractivity contribution is -0.119. The van der Waals surface area contributed by atoms with Gasteiger partial charge < -0.3 is 10.0 Å². The summed E-state index contributed by atoms with van der Waals surface area (Å²) in [4.78, 5) is 14.9. The molecule has 108 valence electrons. The number of carbonyl (C=O) groups is 1. The van der Waals surface area contributed by atoms with Crippen LogP contribution in [-0.2, 0) is 5.72 Å². The highest BCUT2D eigenvalue weighted by Crippen LogP contribution is 2.69. The smallest absolute Gasteiger partial charge is 0.257 e. The van der Waals surface area contributed by atoms with Crippen molar-refractivity contribution in [2.24, 2.45) is 29.6 Å². The van der Waals surface area contributed by atoms with Gasteiger partial charge >= 0.3 is 0 Å². The largest absolute Gasteiger partial charge is 0.366 e. The quantitative estimate of drug-likeness (QED) is 0.793.